The van der Waals surface area contributed by atoms with Gasteiger partial charge in [0.15, 0.2) is 0 Å². The van der Waals surface area contributed by atoms with Gasteiger partial charge in [-0.05, 0) is 6.42 Å². The Hall–Kier alpha value is -0.280. The first-order valence-corrected chi connectivity index (χ1v) is 11.1. The van der Waals surface area contributed by atoms with Crippen molar-refractivity contribution in [1.29, 1.82) is 0 Å². The molecule has 3 nitrogen and oxygen atoms in total. The second kappa shape index (κ2) is 20.0. The Bertz CT molecular complexity index is 280. The molecule has 25 heavy (non-hydrogen) atoms. The Morgan fingerprint density at radius 3 is 1.56 bits per heavy atom. The highest BCUT2D eigenvalue weighted by Gasteiger charge is 2.11. The highest BCUT2D eigenvalue weighted by atomic mass is 35.5. The number of esters is 1. The fourth-order valence-electron chi connectivity index (χ4n) is 3.00. The van der Waals surface area contributed by atoms with Crippen LogP contribution in [0.1, 0.15) is 110 Å². The minimum Gasteiger partial charge on any atom is -0.459 e. The quantitative estimate of drug-likeness (QED) is 0.161. The van der Waals surface area contributed by atoms with Gasteiger partial charge in [-0.3, -0.25) is 4.79 Å². The number of unbranched alkanes of at least 4 members (excludes halogenated alkanes) is 14. The van der Waals surface area contributed by atoms with Crippen molar-refractivity contribution < 1.29 is 14.6 Å². The molecule has 0 aliphatic rings. The maximum Gasteiger partial charge on any atom is 0.306 e. The van der Waals surface area contributed by atoms with E-state index in [1.165, 1.54) is 83.5 Å². The number of ether oxygens (including phenoxy) is 1. The summed E-state index contributed by atoms with van der Waals surface area (Å²) in [5, 5.41) is 8.92. The summed E-state index contributed by atoms with van der Waals surface area (Å²) >= 11 is 5.57. The summed E-state index contributed by atoms with van der Waals surface area (Å²) in [5.41, 5.74) is 0. The van der Waals surface area contributed by atoms with Gasteiger partial charge in [0.05, 0.1) is 12.5 Å². The zero-order valence-electron chi connectivity index (χ0n) is 16.4. The van der Waals surface area contributed by atoms with Crippen LogP contribution in [0.4, 0.5) is 0 Å². The maximum absolute atomic E-state index is 11.5. The Morgan fingerprint density at radius 1 is 0.800 bits per heavy atom. The van der Waals surface area contributed by atoms with E-state index < -0.39 is 6.10 Å². The van der Waals surface area contributed by atoms with Gasteiger partial charge in [-0.1, -0.05) is 96.8 Å². The lowest BCUT2D eigenvalue weighted by molar-refractivity contribution is -0.149. The molecule has 1 N–H and O–H groups in total. The molecule has 0 aliphatic heterocycles. The molecule has 0 heterocycles. The van der Waals surface area contributed by atoms with Crippen LogP contribution in [0.25, 0.3) is 0 Å². The lowest BCUT2D eigenvalue weighted by Crippen LogP contribution is -2.23. The Morgan fingerprint density at radius 2 is 1.20 bits per heavy atom. The predicted octanol–water partition coefficient (Wildman–Crippen LogP) is 6.39. The topological polar surface area (TPSA) is 46.5 Å². The van der Waals surface area contributed by atoms with Crippen LogP contribution in [0.2, 0.25) is 0 Å². The van der Waals surface area contributed by atoms with E-state index in [1.54, 1.807) is 0 Å². The summed E-state index contributed by atoms with van der Waals surface area (Å²) in [5.74, 6) is -0.0874. The van der Waals surface area contributed by atoms with Crippen molar-refractivity contribution in [3.8, 4) is 0 Å². The molecule has 0 aromatic heterocycles. The van der Waals surface area contributed by atoms with Crippen molar-refractivity contribution in [3.63, 3.8) is 0 Å². The van der Waals surface area contributed by atoms with E-state index >= 15 is 0 Å². The summed E-state index contributed by atoms with van der Waals surface area (Å²) < 4.78 is 5.05. The van der Waals surface area contributed by atoms with Gasteiger partial charge in [-0.2, -0.15) is 0 Å². The molecule has 0 aliphatic carbocycles. The van der Waals surface area contributed by atoms with Crippen molar-refractivity contribution in [2.75, 3.05) is 12.5 Å². The molecule has 0 unspecified atom stereocenters. The molecule has 0 saturated heterocycles. The smallest absolute Gasteiger partial charge is 0.306 e. The molecule has 0 bridgehead atoms. The summed E-state index contributed by atoms with van der Waals surface area (Å²) in [6.45, 7) is 2.07. The van der Waals surface area contributed by atoms with Crippen LogP contribution in [0.5, 0.6) is 0 Å². The Balaban J connectivity index is 3.17. The molecule has 150 valence electrons. The van der Waals surface area contributed by atoms with Gasteiger partial charge in [0.2, 0.25) is 0 Å². The minimum absolute atomic E-state index is 0.154. The molecule has 0 amide bonds. The van der Waals surface area contributed by atoms with Crippen molar-refractivity contribution in [2.45, 2.75) is 116 Å². The molecule has 0 spiro atoms. The number of aliphatic hydroxyl groups is 1. The first-order valence-electron chi connectivity index (χ1n) is 10.6. The van der Waals surface area contributed by atoms with Gasteiger partial charge >= 0.3 is 5.97 Å². The third-order valence-electron chi connectivity index (χ3n) is 4.66. The third-order valence-corrected chi connectivity index (χ3v) is 5.00. The highest BCUT2D eigenvalue weighted by Crippen LogP contribution is 2.14. The minimum atomic E-state index is -0.550. The first kappa shape index (κ1) is 24.7. The monoisotopic (exact) mass is 376 g/mol. The lowest BCUT2D eigenvalue weighted by Gasteiger charge is -2.12. The first-order chi connectivity index (χ1) is 12.2. The van der Waals surface area contributed by atoms with Crippen molar-refractivity contribution in [1.82, 2.24) is 0 Å². The van der Waals surface area contributed by atoms with E-state index in [0.717, 1.165) is 12.8 Å². The molecular formula is C21H41ClO3. The number of carbonyl (C=O) groups is 1. The van der Waals surface area contributed by atoms with E-state index in [-0.39, 0.29) is 18.5 Å². The lowest BCUT2D eigenvalue weighted by atomic mass is 10.0. The standard InChI is InChI=1S/C21H41ClO3/c1-2-3-4-5-6-7-8-9-10-11-12-13-14-15-16-17-21(24)25-20(18-22)19-23/h20,23H,2-19H2,1H3/t20-/m0/s1. The molecule has 0 rings (SSSR count). The largest absolute Gasteiger partial charge is 0.459 e. The van der Waals surface area contributed by atoms with Crippen LogP contribution in [-0.4, -0.2) is 29.7 Å². The number of carbonyl (C=O) groups excluding carboxylic acids is 1. The van der Waals surface area contributed by atoms with E-state index in [9.17, 15) is 4.79 Å². The van der Waals surface area contributed by atoms with Crippen LogP contribution in [0.15, 0.2) is 0 Å². The second-order valence-electron chi connectivity index (χ2n) is 7.15. The third kappa shape index (κ3) is 18.3. The highest BCUT2D eigenvalue weighted by molar-refractivity contribution is 6.18. The van der Waals surface area contributed by atoms with Crippen molar-refractivity contribution >= 4 is 17.6 Å². The van der Waals surface area contributed by atoms with Gasteiger partial charge in [0.25, 0.3) is 0 Å². The summed E-state index contributed by atoms with van der Waals surface area (Å²) in [4.78, 5) is 11.5. The molecule has 0 saturated carbocycles. The fourth-order valence-corrected chi connectivity index (χ4v) is 3.16. The van der Waals surface area contributed by atoms with Crippen molar-refractivity contribution in [3.05, 3.63) is 0 Å². The summed E-state index contributed by atoms with van der Waals surface area (Å²) in [6.07, 6.45) is 19.6. The van der Waals surface area contributed by atoms with Gasteiger partial charge in [0, 0.05) is 6.42 Å². The Kier molecular flexibility index (Phi) is 19.8. The number of hydrogen-bond acceptors (Lipinski definition) is 3. The molecule has 1 atom stereocenters. The van der Waals surface area contributed by atoms with Crippen molar-refractivity contribution in [2.24, 2.45) is 0 Å². The second-order valence-corrected chi connectivity index (χ2v) is 7.46. The average molecular weight is 377 g/mol. The Labute approximate surface area is 160 Å². The molecule has 4 heteroatoms. The fraction of sp³-hybridized carbons (Fsp3) is 0.952. The maximum atomic E-state index is 11.5. The van der Waals surface area contributed by atoms with E-state index in [2.05, 4.69) is 6.92 Å². The number of aliphatic hydroxyl groups excluding tert-OH is 1. The molecule has 0 aromatic rings. The van der Waals surface area contributed by atoms with Gasteiger partial charge in [0.1, 0.15) is 6.10 Å². The van der Waals surface area contributed by atoms with Crippen LogP contribution >= 0.6 is 11.6 Å². The average Bonchev–Trinajstić information content (AvgIpc) is 2.62. The normalized spacial score (nSPS) is 12.3. The zero-order valence-corrected chi connectivity index (χ0v) is 17.2. The predicted molar refractivity (Wildman–Crippen MR) is 107 cm³/mol. The van der Waals surface area contributed by atoms with E-state index in [0.29, 0.717) is 6.42 Å². The number of rotatable bonds is 19. The molecular weight excluding hydrogens is 336 g/mol. The molecule has 0 fully saturated rings. The van der Waals surface area contributed by atoms with E-state index in [1.807, 2.05) is 0 Å². The van der Waals surface area contributed by atoms with Gasteiger partial charge < -0.3 is 9.84 Å². The number of halogens is 1. The SMILES string of the molecule is CCCCCCCCCCCCCCCCCC(=O)O[C@H](CO)CCl. The number of hydrogen-bond donors (Lipinski definition) is 1. The summed E-state index contributed by atoms with van der Waals surface area (Å²) in [6, 6.07) is 0. The van der Waals surface area contributed by atoms with Crippen LogP contribution in [0.3, 0.4) is 0 Å². The number of alkyl halides is 1. The van der Waals surface area contributed by atoms with Gasteiger partial charge in [-0.15, -0.1) is 11.6 Å². The molecule has 0 aromatic carbocycles. The zero-order chi connectivity index (χ0) is 18.6. The summed E-state index contributed by atoms with van der Waals surface area (Å²) in [7, 11) is 0. The van der Waals surface area contributed by atoms with Gasteiger partial charge in [-0.25, -0.2) is 0 Å². The van der Waals surface area contributed by atoms with E-state index in [4.69, 9.17) is 21.4 Å². The van der Waals surface area contributed by atoms with Crippen LogP contribution in [0, 0.1) is 0 Å². The van der Waals surface area contributed by atoms with Crippen LogP contribution in [-0.2, 0) is 9.53 Å². The van der Waals surface area contributed by atoms with Crippen LogP contribution < -0.4 is 0 Å². The molecule has 0 radical (unpaired) electrons.